The SMILES string of the molecule is CCCn1c(SCC(=O)C(C#N)=C2N(C)c3ccccc3N2C)nc2cc(S(N)(=O)=O)ccc21. The number of allylic oxidation sites excluding steroid dienone is 1. The second-order valence-electron chi connectivity index (χ2n) is 7.87. The molecule has 2 heterocycles. The zero-order valence-electron chi connectivity index (χ0n) is 19.0. The molecule has 0 saturated carbocycles. The minimum absolute atomic E-state index is 0.0134. The first kappa shape index (κ1) is 23.8. The van der Waals surface area contributed by atoms with Crippen molar-refractivity contribution in [3.8, 4) is 6.07 Å². The van der Waals surface area contributed by atoms with Crippen LogP contribution in [0.4, 0.5) is 11.4 Å². The van der Waals surface area contributed by atoms with Crippen LogP contribution in [0.2, 0.25) is 0 Å². The quantitative estimate of drug-likeness (QED) is 0.301. The Morgan fingerprint density at radius 2 is 1.79 bits per heavy atom. The third-order valence-electron chi connectivity index (χ3n) is 5.65. The number of anilines is 2. The number of rotatable bonds is 7. The molecule has 0 radical (unpaired) electrons. The van der Waals surface area contributed by atoms with Crippen molar-refractivity contribution in [2.24, 2.45) is 5.14 Å². The number of carbonyl (C=O) groups is 1. The Balaban J connectivity index is 1.65. The summed E-state index contributed by atoms with van der Waals surface area (Å²) in [6.07, 6.45) is 0.825. The molecule has 4 rings (SSSR count). The fraction of sp³-hybridized carbons (Fsp3) is 0.261. The van der Waals surface area contributed by atoms with Crippen LogP contribution in [-0.4, -0.2) is 43.6 Å². The first-order valence-electron chi connectivity index (χ1n) is 10.6. The second kappa shape index (κ2) is 9.13. The summed E-state index contributed by atoms with van der Waals surface area (Å²) in [6, 6.07) is 14.4. The predicted molar refractivity (Wildman–Crippen MR) is 133 cm³/mol. The predicted octanol–water partition coefficient (Wildman–Crippen LogP) is 3.08. The summed E-state index contributed by atoms with van der Waals surface area (Å²) in [6.45, 7) is 2.67. The van der Waals surface area contributed by atoms with Gasteiger partial charge in [-0.3, -0.25) is 4.79 Å². The highest BCUT2D eigenvalue weighted by Gasteiger charge is 2.31. The summed E-state index contributed by atoms with van der Waals surface area (Å²) in [5.41, 5.74) is 3.16. The molecule has 176 valence electrons. The summed E-state index contributed by atoms with van der Waals surface area (Å²) in [5.74, 6) is 0.239. The number of Topliss-reactive ketones (excluding diaryl/α,β-unsaturated/α-hetero) is 1. The van der Waals surface area contributed by atoms with Crippen molar-refractivity contribution in [1.82, 2.24) is 9.55 Å². The number of hydrogen-bond donors (Lipinski definition) is 1. The summed E-state index contributed by atoms with van der Waals surface area (Å²) in [7, 11) is -0.190. The number of imidazole rings is 1. The van der Waals surface area contributed by atoms with Crippen molar-refractivity contribution in [2.45, 2.75) is 29.9 Å². The minimum Gasteiger partial charge on any atom is -0.328 e. The number of nitrogens with two attached hydrogens (primary N) is 1. The smallest absolute Gasteiger partial charge is 0.238 e. The van der Waals surface area contributed by atoms with Crippen LogP contribution < -0.4 is 14.9 Å². The van der Waals surface area contributed by atoms with Gasteiger partial charge in [0.05, 0.1) is 33.1 Å². The molecule has 1 aliphatic heterocycles. The summed E-state index contributed by atoms with van der Waals surface area (Å²) >= 11 is 1.22. The van der Waals surface area contributed by atoms with Crippen LogP contribution in [0.25, 0.3) is 11.0 Å². The average Bonchev–Trinajstić information content (AvgIpc) is 3.28. The number of fused-ring (bicyclic) bond motifs is 2. The average molecular weight is 497 g/mol. The topological polar surface area (TPSA) is 125 Å². The molecule has 1 aliphatic rings. The normalized spacial score (nSPS) is 13.3. The molecule has 0 atom stereocenters. The second-order valence-corrected chi connectivity index (χ2v) is 10.4. The monoisotopic (exact) mass is 496 g/mol. The molecule has 0 fully saturated rings. The standard InChI is InChI=1S/C23H24N6O3S2/c1-4-11-29-18-10-9-15(34(25,31)32)12-17(18)26-23(29)33-14-21(30)16(13-24)22-27(2)19-7-5-6-8-20(19)28(22)3/h5-10,12H,4,11,14H2,1-3H3,(H2,25,31,32). The molecular formula is C23H24N6O3S2. The maximum absolute atomic E-state index is 13.2. The molecule has 2 N–H and O–H groups in total. The van der Waals surface area contributed by atoms with E-state index in [4.69, 9.17) is 5.14 Å². The van der Waals surface area contributed by atoms with E-state index in [2.05, 4.69) is 11.1 Å². The third-order valence-corrected chi connectivity index (χ3v) is 7.53. The van der Waals surface area contributed by atoms with Crippen molar-refractivity contribution in [1.29, 1.82) is 5.26 Å². The van der Waals surface area contributed by atoms with Gasteiger partial charge in [-0.25, -0.2) is 18.5 Å². The molecule has 2 aromatic carbocycles. The molecule has 0 aliphatic carbocycles. The van der Waals surface area contributed by atoms with Crippen molar-refractivity contribution in [2.75, 3.05) is 29.6 Å². The van der Waals surface area contributed by atoms with E-state index in [0.717, 1.165) is 23.3 Å². The fourth-order valence-corrected chi connectivity index (χ4v) is 5.52. The number of aryl methyl sites for hydroxylation is 1. The number of nitrogens with zero attached hydrogens (tertiary/aromatic N) is 5. The maximum atomic E-state index is 13.2. The van der Waals surface area contributed by atoms with E-state index in [0.29, 0.717) is 23.0 Å². The number of carbonyl (C=O) groups excluding carboxylic acids is 1. The van der Waals surface area contributed by atoms with Gasteiger partial charge in [-0.15, -0.1) is 0 Å². The van der Waals surface area contributed by atoms with E-state index in [1.165, 1.54) is 23.9 Å². The van der Waals surface area contributed by atoms with Crippen LogP contribution in [0.1, 0.15) is 13.3 Å². The van der Waals surface area contributed by atoms with Gasteiger partial charge in [0.1, 0.15) is 17.5 Å². The summed E-state index contributed by atoms with van der Waals surface area (Å²) < 4.78 is 25.4. The lowest BCUT2D eigenvalue weighted by Crippen LogP contribution is -2.26. The van der Waals surface area contributed by atoms with Crippen LogP contribution in [0.3, 0.4) is 0 Å². The maximum Gasteiger partial charge on any atom is 0.238 e. The van der Waals surface area contributed by atoms with Crippen LogP contribution in [0, 0.1) is 11.3 Å². The zero-order valence-corrected chi connectivity index (χ0v) is 20.7. The number of nitriles is 1. The molecular weight excluding hydrogens is 472 g/mol. The lowest BCUT2D eigenvalue weighted by atomic mass is 10.2. The number of para-hydroxylation sites is 2. The Labute approximate surface area is 202 Å². The Hall–Kier alpha value is -3.33. The van der Waals surface area contributed by atoms with Gasteiger partial charge in [0.2, 0.25) is 10.0 Å². The number of ketones is 1. The van der Waals surface area contributed by atoms with Gasteiger partial charge < -0.3 is 14.4 Å². The number of thioether (sulfide) groups is 1. The molecule has 0 bridgehead atoms. The van der Waals surface area contributed by atoms with Crippen molar-refractivity contribution < 1.29 is 13.2 Å². The highest BCUT2D eigenvalue weighted by atomic mass is 32.2. The van der Waals surface area contributed by atoms with E-state index in [-0.39, 0.29) is 22.0 Å². The van der Waals surface area contributed by atoms with Gasteiger partial charge in [0, 0.05) is 20.6 Å². The molecule has 1 aromatic heterocycles. The lowest BCUT2D eigenvalue weighted by molar-refractivity contribution is -0.112. The highest BCUT2D eigenvalue weighted by molar-refractivity contribution is 7.99. The van der Waals surface area contributed by atoms with Crippen LogP contribution in [-0.2, 0) is 21.4 Å². The number of hydrogen-bond acceptors (Lipinski definition) is 8. The van der Waals surface area contributed by atoms with Crippen molar-refractivity contribution in [3.05, 3.63) is 53.9 Å². The molecule has 0 spiro atoms. The zero-order chi connectivity index (χ0) is 24.6. The van der Waals surface area contributed by atoms with E-state index in [1.807, 2.05) is 59.7 Å². The first-order valence-corrected chi connectivity index (χ1v) is 13.1. The first-order chi connectivity index (χ1) is 16.2. The highest BCUT2D eigenvalue weighted by Crippen LogP contribution is 2.40. The largest absolute Gasteiger partial charge is 0.328 e. The summed E-state index contributed by atoms with van der Waals surface area (Å²) in [5, 5.41) is 15.7. The van der Waals surface area contributed by atoms with Gasteiger partial charge >= 0.3 is 0 Å². The molecule has 0 amide bonds. The van der Waals surface area contributed by atoms with Gasteiger partial charge in [-0.1, -0.05) is 30.8 Å². The molecule has 34 heavy (non-hydrogen) atoms. The molecule has 0 unspecified atom stereocenters. The third kappa shape index (κ3) is 4.16. The van der Waals surface area contributed by atoms with Gasteiger partial charge in [-0.2, -0.15) is 5.26 Å². The number of sulfonamides is 1. The number of benzene rings is 2. The molecule has 11 heteroatoms. The van der Waals surface area contributed by atoms with Crippen molar-refractivity contribution >= 4 is 50.0 Å². The minimum atomic E-state index is -3.85. The Kier molecular flexibility index (Phi) is 6.40. The van der Waals surface area contributed by atoms with Gasteiger partial charge in [0.15, 0.2) is 10.9 Å². The fourth-order valence-electron chi connectivity index (χ4n) is 4.07. The van der Waals surface area contributed by atoms with E-state index < -0.39 is 10.0 Å². The Morgan fingerprint density at radius 1 is 1.15 bits per heavy atom. The van der Waals surface area contributed by atoms with E-state index >= 15 is 0 Å². The van der Waals surface area contributed by atoms with Crippen LogP contribution >= 0.6 is 11.8 Å². The van der Waals surface area contributed by atoms with Crippen molar-refractivity contribution in [3.63, 3.8) is 0 Å². The van der Waals surface area contributed by atoms with Gasteiger partial charge in [-0.05, 0) is 36.8 Å². The molecule has 3 aromatic rings. The molecule has 9 nitrogen and oxygen atoms in total. The Morgan fingerprint density at radius 3 is 2.35 bits per heavy atom. The molecule has 0 saturated heterocycles. The van der Waals surface area contributed by atoms with Crippen LogP contribution in [0.5, 0.6) is 0 Å². The number of primary sulfonamides is 1. The number of aromatic nitrogens is 2. The van der Waals surface area contributed by atoms with Gasteiger partial charge in [0.25, 0.3) is 0 Å². The van der Waals surface area contributed by atoms with E-state index in [9.17, 15) is 18.5 Å². The summed E-state index contributed by atoms with van der Waals surface area (Å²) in [4.78, 5) is 21.4. The van der Waals surface area contributed by atoms with Crippen LogP contribution in [0.15, 0.2) is 63.9 Å². The Bertz CT molecular complexity index is 1440. The lowest BCUT2D eigenvalue weighted by Gasteiger charge is -2.19. The van der Waals surface area contributed by atoms with E-state index in [1.54, 1.807) is 6.07 Å².